The minimum Gasteiger partial charge on any atom is -0.530 e. The molecule has 0 heterocycles. The molecule has 1 amide bonds. The van der Waals surface area contributed by atoms with Crippen molar-refractivity contribution >= 4 is 21.4 Å². The van der Waals surface area contributed by atoms with E-state index in [1.165, 1.54) is 0 Å². The molecule has 1 aromatic carbocycles. The van der Waals surface area contributed by atoms with Gasteiger partial charge in [0.15, 0.2) is 0 Å². The fourth-order valence-electron chi connectivity index (χ4n) is 0.858. The predicted molar refractivity (Wildman–Crippen MR) is 55.8 cm³/mol. The quantitative estimate of drug-likeness (QED) is 0.461. The third-order valence-electron chi connectivity index (χ3n) is 1.48. The molecule has 16 heavy (non-hydrogen) atoms. The summed E-state index contributed by atoms with van der Waals surface area (Å²) in [5.74, 6) is 4.69. The summed E-state index contributed by atoms with van der Waals surface area (Å²) in [5.41, 5.74) is 0.575. The van der Waals surface area contributed by atoms with Crippen molar-refractivity contribution < 1.29 is 18.3 Å². The lowest BCUT2D eigenvalue weighted by atomic mass is 10.2. The average molecular weight is 236 g/mol. The maximum absolute atomic E-state index is 10.6. The van der Waals surface area contributed by atoms with E-state index in [2.05, 4.69) is 11.8 Å². The van der Waals surface area contributed by atoms with Crippen molar-refractivity contribution in [3.63, 3.8) is 0 Å². The Labute approximate surface area is 93.3 Å². The number of amides is 1. The fourth-order valence-corrected chi connectivity index (χ4v) is 1.16. The lowest BCUT2D eigenvalue weighted by Crippen LogP contribution is -2.40. The highest BCUT2D eigenvalue weighted by Gasteiger charge is 1.95. The smallest absolute Gasteiger partial charge is 0.247 e. The molecule has 6 heteroatoms. The maximum Gasteiger partial charge on any atom is 0.247 e. The van der Waals surface area contributed by atoms with Gasteiger partial charge in [0, 0.05) is 5.56 Å². The zero-order valence-corrected chi connectivity index (χ0v) is 8.74. The zero-order chi connectivity index (χ0) is 12.0. The summed E-state index contributed by atoms with van der Waals surface area (Å²) in [5, 5.41) is 11.7. The van der Waals surface area contributed by atoms with Gasteiger partial charge in [-0.05, 0) is 18.1 Å². The second-order valence-corrected chi connectivity index (χ2v) is 3.47. The van der Waals surface area contributed by atoms with Gasteiger partial charge < -0.3 is 15.2 Å². The first kappa shape index (κ1) is 11.8. The molecule has 0 saturated heterocycles. The summed E-state index contributed by atoms with van der Waals surface area (Å²) in [4.78, 5) is 9.51. The number of nitrogens with one attached hydrogen (secondary N) is 1. The predicted octanol–water partition coefficient (Wildman–Crippen LogP) is -1.02. The lowest BCUT2D eigenvalue weighted by molar-refractivity contribution is -0.248. The maximum atomic E-state index is 10.6. The molecule has 5 nitrogen and oxygen atoms in total. The van der Waals surface area contributed by atoms with E-state index in [9.17, 15) is 18.3 Å². The first-order valence-electron chi connectivity index (χ1n) is 4.11. The van der Waals surface area contributed by atoms with Gasteiger partial charge in [0.2, 0.25) is 15.3 Å². The van der Waals surface area contributed by atoms with Crippen LogP contribution in [0.4, 0.5) is 4.79 Å². The Morgan fingerprint density at radius 3 is 2.38 bits per heavy atom. The van der Waals surface area contributed by atoms with Crippen LogP contribution in [0.5, 0.6) is 0 Å². The number of hydrogen-bond acceptors (Lipinski definition) is 4. The molecule has 1 rings (SSSR count). The van der Waals surface area contributed by atoms with Crippen LogP contribution in [0.15, 0.2) is 30.3 Å². The summed E-state index contributed by atoms with van der Waals surface area (Å²) < 4.78 is 21.1. The Hall–Kier alpha value is -2.26. The van der Waals surface area contributed by atoms with Gasteiger partial charge in [-0.25, -0.2) is 0 Å². The number of benzene rings is 1. The first-order chi connectivity index (χ1) is 7.59. The van der Waals surface area contributed by atoms with Gasteiger partial charge in [0.05, 0.1) is 0 Å². The normalized spacial score (nSPS) is 8.50. The molecule has 0 aliphatic heterocycles. The van der Waals surface area contributed by atoms with Crippen molar-refractivity contribution in [2.75, 3.05) is 0 Å². The van der Waals surface area contributed by atoms with Crippen LogP contribution in [0.25, 0.3) is 0 Å². The molecule has 0 aliphatic rings. The summed E-state index contributed by atoms with van der Waals surface area (Å²) in [6.45, 7) is 0. The van der Waals surface area contributed by atoms with E-state index in [0.29, 0.717) is 5.56 Å². The van der Waals surface area contributed by atoms with Gasteiger partial charge in [0.1, 0.15) is 6.09 Å². The fraction of sp³-hybridized carbons (Fsp3) is 0. The molecule has 0 atom stereocenters. The van der Waals surface area contributed by atoms with Crippen molar-refractivity contribution in [3.05, 3.63) is 35.9 Å². The van der Waals surface area contributed by atoms with Gasteiger partial charge in [-0.1, -0.05) is 24.1 Å². The van der Waals surface area contributed by atoms with E-state index >= 15 is 0 Å². The average Bonchev–Trinajstić information content (AvgIpc) is 2.25. The molecule has 1 N–H and O–H groups in total. The van der Waals surface area contributed by atoms with E-state index < -0.39 is 21.4 Å². The van der Waals surface area contributed by atoms with Crippen LogP contribution in [-0.2, 0) is 10.3 Å². The molecular formula is C10H6NO4S-. The number of hydrogen-bond donors (Lipinski definition) is 1. The first-order valence-corrected chi connectivity index (χ1v) is 5.18. The SMILES string of the molecule is O=C([O-])NC(C#Cc1ccccc1)=S(=O)=O. The second-order valence-electron chi connectivity index (χ2n) is 2.59. The molecule has 1 aromatic rings. The van der Waals surface area contributed by atoms with Gasteiger partial charge >= 0.3 is 0 Å². The Morgan fingerprint density at radius 2 is 1.88 bits per heavy atom. The highest BCUT2D eigenvalue weighted by atomic mass is 32.2. The van der Waals surface area contributed by atoms with E-state index in [1.807, 2.05) is 0 Å². The molecular weight excluding hydrogens is 230 g/mol. The highest BCUT2D eigenvalue weighted by Crippen LogP contribution is 1.94. The molecule has 82 valence electrons. The zero-order valence-electron chi connectivity index (χ0n) is 7.93. The van der Waals surface area contributed by atoms with Crippen molar-refractivity contribution in [3.8, 4) is 11.8 Å². The monoisotopic (exact) mass is 236 g/mol. The molecule has 0 bridgehead atoms. The lowest BCUT2D eigenvalue weighted by Gasteiger charge is -1.99. The van der Waals surface area contributed by atoms with E-state index in [4.69, 9.17) is 0 Å². The van der Waals surface area contributed by atoms with Crippen molar-refractivity contribution in [2.24, 2.45) is 0 Å². The van der Waals surface area contributed by atoms with Gasteiger partial charge in [-0.3, -0.25) is 0 Å². The van der Waals surface area contributed by atoms with Crippen molar-refractivity contribution in [1.29, 1.82) is 0 Å². The van der Waals surface area contributed by atoms with Crippen LogP contribution >= 0.6 is 0 Å². The van der Waals surface area contributed by atoms with Crippen LogP contribution < -0.4 is 10.4 Å². The summed E-state index contributed by atoms with van der Waals surface area (Å²) in [6, 6.07) is 8.56. The van der Waals surface area contributed by atoms with E-state index in [0.717, 1.165) is 0 Å². The van der Waals surface area contributed by atoms with E-state index in [1.54, 1.807) is 35.6 Å². The molecule has 0 spiro atoms. The van der Waals surface area contributed by atoms with Gasteiger partial charge in [-0.2, -0.15) is 8.42 Å². The summed E-state index contributed by atoms with van der Waals surface area (Å²) in [6.07, 6.45) is -1.72. The molecule has 0 radical (unpaired) electrons. The standard InChI is InChI=1S/C10H7NO4S/c12-10(13)11-9(16(14)15)7-6-8-4-2-1-3-5-8/h1-5,11H,(H,12,13)/p-1. The van der Waals surface area contributed by atoms with Crippen LogP contribution in [0.1, 0.15) is 5.56 Å². The number of carbonyl (C=O) groups is 1. The second kappa shape index (κ2) is 5.58. The third-order valence-corrected chi connectivity index (χ3v) is 2.01. The number of carboxylic acid groups (broad SMARTS) is 1. The largest absolute Gasteiger partial charge is 0.530 e. The molecule has 0 aromatic heterocycles. The number of carbonyl (C=O) groups excluding carboxylic acids is 1. The molecule has 0 unspecified atom stereocenters. The van der Waals surface area contributed by atoms with Gasteiger partial charge in [-0.15, -0.1) is 0 Å². The van der Waals surface area contributed by atoms with Crippen LogP contribution in [-0.4, -0.2) is 19.5 Å². The minimum absolute atomic E-state index is 0.575. The number of rotatable bonds is 0. The third kappa shape index (κ3) is 3.86. The van der Waals surface area contributed by atoms with Crippen LogP contribution in [0.3, 0.4) is 0 Å². The van der Waals surface area contributed by atoms with Crippen molar-refractivity contribution in [2.45, 2.75) is 0 Å². The van der Waals surface area contributed by atoms with Crippen LogP contribution in [0, 0.1) is 11.8 Å². The Kier molecular flexibility index (Phi) is 4.12. The Balaban J connectivity index is 3.00. The summed E-state index contributed by atoms with van der Waals surface area (Å²) >= 11 is 0. The molecule has 0 aliphatic carbocycles. The Morgan fingerprint density at radius 1 is 1.25 bits per heavy atom. The van der Waals surface area contributed by atoms with Crippen molar-refractivity contribution in [1.82, 2.24) is 5.32 Å². The van der Waals surface area contributed by atoms with Crippen LogP contribution in [0.2, 0.25) is 0 Å². The summed E-state index contributed by atoms with van der Waals surface area (Å²) in [7, 11) is -2.74. The Bertz CT molecular complexity index is 570. The molecule has 0 fully saturated rings. The minimum atomic E-state index is -2.74. The van der Waals surface area contributed by atoms with Gasteiger partial charge in [0.25, 0.3) is 0 Å². The molecule has 0 saturated carbocycles. The highest BCUT2D eigenvalue weighted by molar-refractivity contribution is 7.73. The topological polar surface area (TPSA) is 86.3 Å². The van der Waals surface area contributed by atoms with E-state index in [-0.39, 0.29) is 0 Å².